The zero-order chi connectivity index (χ0) is 13.1. The predicted molar refractivity (Wildman–Crippen MR) is 78.0 cm³/mol. The summed E-state index contributed by atoms with van der Waals surface area (Å²) in [5.74, 6) is 0. The second kappa shape index (κ2) is 10.2. The van der Waals surface area contributed by atoms with E-state index in [0.717, 1.165) is 13.1 Å². The molecular weight excluding hydrogens is 235 g/mol. The number of nitrogens with zero attached hydrogens (tertiary/aromatic N) is 1. The van der Waals surface area contributed by atoms with Gasteiger partial charge in [0.25, 0.3) is 0 Å². The molecular formula is C11H31N4OP. The summed E-state index contributed by atoms with van der Waals surface area (Å²) in [7, 11) is 3.58. The van der Waals surface area contributed by atoms with E-state index in [1.807, 2.05) is 21.1 Å². The van der Waals surface area contributed by atoms with Gasteiger partial charge in [-0.15, -0.1) is 0 Å². The number of nitrogens with one attached hydrogen (secondary N) is 3. The van der Waals surface area contributed by atoms with E-state index in [2.05, 4.69) is 34.2 Å². The molecule has 0 fully saturated rings. The van der Waals surface area contributed by atoms with Gasteiger partial charge in [-0.3, -0.25) is 0 Å². The number of rotatable bonds is 11. The summed E-state index contributed by atoms with van der Waals surface area (Å²) in [6.45, 7) is 6.40. The summed E-state index contributed by atoms with van der Waals surface area (Å²) in [6.07, 6.45) is 4.73. The molecule has 0 rings (SSSR count). The Kier molecular flexibility index (Phi) is 10.3. The standard InChI is InChI=1S/C11H31N4OP/c1-6-8-10-15(11-9-7-2)16-17(12-3,13-4)14-5/h12-14,17H,6-11H2,1-5H3. The third kappa shape index (κ3) is 6.65. The topological polar surface area (TPSA) is 48.6 Å². The Morgan fingerprint density at radius 1 is 0.882 bits per heavy atom. The second-order valence-electron chi connectivity index (χ2n) is 4.16. The SMILES string of the molecule is CCCCN(CCCC)O[PH](NC)(NC)NC. The summed E-state index contributed by atoms with van der Waals surface area (Å²) in [6, 6.07) is 0. The average molecular weight is 266 g/mol. The van der Waals surface area contributed by atoms with E-state index >= 15 is 0 Å². The van der Waals surface area contributed by atoms with Crippen LogP contribution < -0.4 is 15.3 Å². The molecule has 0 aromatic carbocycles. The van der Waals surface area contributed by atoms with Crippen molar-refractivity contribution in [3.05, 3.63) is 0 Å². The van der Waals surface area contributed by atoms with Gasteiger partial charge in [0.15, 0.2) is 0 Å². The number of unbranched alkanes of at least 4 members (excludes halogenated alkanes) is 2. The van der Waals surface area contributed by atoms with Crippen LogP contribution in [0.1, 0.15) is 39.5 Å². The molecule has 0 aromatic heterocycles. The second-order valence-corrected chi connectivity index (χ2v) is 7.20. The Labute approximate surface area is 107 Å². The predicted octanol–water partition coefficient (Wildman–Crippen LogP) is 1.89. The first-order valence-electron chi connectivity index (χ1n) is 6.68. The molecule has 0 unspecified atom stereocenters. The molecule has 0 amide bonds. The van der Waals surface area contributed by atoms with Gasteiger partial charge in [-0.2, -0.15) is 0 Å². The molecule has 0 aromatic rings. The van der Waals surface area contributed by atoms with Crippen LogP contribution in [-0.2, 0) is 4.62 Å². The summed E-state index contributed by atoms with van der Waals surface area (Å²) in [5.41, 5.74) is 0. The summed E-state index contributed by atoms with van der Waals surface area (Å²) in [4.78, 5) is 0. The first-order valence-corrected chi connectivity index (χ1v) is 8.59. The third-order valence-electron chi connectivity index (χ3n) is 2.84. The van der Waals surface area contributed by atoms with Gasteiger partial charge < -0.3 is 0 Å². The number of hydrogen-bond acceptors (Lipinski definition) is 5. The van der Waals surface area contributed by atoms with E-state index in [1.165, 1.54) is 25.7 Å². The molecule has 0 aliphatic heterocycles. The normalized spacial score (nSPS) is 13.3. The van der Waals surface area contributed by atoms with Crippen LogP contribution in [0.4, 0.5) is 0 Å². The van der Waals surface area contributed by atoms with E-state index < -0.39 is 7.94 Å². The summed E-state index contributed by atoms with van der Waals surface area (Å²) >= 11 is 0. The minimum atomic E-state index is -2.20. The van der Waals surface area contributed by atoms with Crippen molar-refractivity contribution in [1.82, 2.24) is 20.3 Å². The Balaban J connectivity index is 4.34. The van der Waals surface area contributed by atoms with Gasteiger partial charge in [0.1, 0.15) is 0 Å². The van der Waals surface area contributed by atoms with E-state index in [1.54, 1.807) is 0 Å². The molecule has 0 heterocycles. The van der Waals surface area contributed by atoms with Crippen molar-refractivity contribution in [1.29, 1.82) is 0 Å². The van der Waals surface area contributed by atoms with Gasteiger partial charge in [0.05, 0.1) is 0 Å². The Bertz CT molecular complexity index is 163. The summed E-state index contributed by atoms with van der Waals surface area (Å²) < 4.78 is 6.13. The molecule has 6 heteroatoms. The van der Waals surface area contributed by atoms with E-state index in [0.29, 0.717) is 0 Å². The zero-order valence-corrected chi connectivity index (χ0v) is 13.1. The number of hydrogen-bond donors (Lipinski definition) is 3. The van der Waals surface area contributed by atoms with Crippen molar-refractivity contribution >= 4 is 7.94 Å². The van der Waals surface area contributed by atoms with Crippen molar-refractivity contribution in [3.8, 4) is 0 Å². The van der Waals surface area contributed by atoms with E-state index in [9.17, 15) is 0 Å². The maximum atomic E-state index is 6.13. The van der Waals surface area contributed by atoms with Gasteiger partial charge in [-0.25, -0.2) is 0 Å². The van der Waals surface area contributed by atoms with Gasteiger partial charge in [-0.05, 0) is 0 Å². The van der Waals surface area contributed by atoms with Crippen LogP contribution in [0.5, 0.6) is 0 Å². The van der Waals surface area contributed by atoms with Crippen LogP contribution in [0.2, 0.25) is 0 Å². The molecule has 3 N–H and O–H groups in total. The zero-order valence-electron chi connectivity index (χ0n) is 12.1. The van der Waals surface area contributed by atoms with E-state index in [-0.39, 0.29) is 0 Å². The third-order valence-corrected chi connectivity index (χ3v) is 5.49. The van der Waals surface area contributed by atoms with Gasteiger partial charge in [0.2, 0.25) is 0 Å². The molecule has 0 aliphatic carbocycles. The van der Waals surface area contributed by atoms with Gasteiger partial charge in [0, 0.05) is 0 Å². The van der Waals surface area contributed by atoms with Crippen LogP contribution in [-0.4, -0.2) is 39.3 Å². The Hall–Kier alpha value is 0.230. The van der Waals surface area contributed by atoms with Crippen molar-refractivity contribution < 1.29 is 4.62 Å². The van der Waals surface area contributed by atoms with Gasteiger partial charge in [-0.1, -0.05) is 0 Å². The molecule has 0 saturated heterocycles. The van der Waals surface area contributed by atoms with Crippen molar-refractivity contribution in [2.45, 2.75) is 39.5 Å². The van der Waals surface area contributed by atoms with E-state index in [4.69, 9.17) is 4.62 Å². The van der Waals surface area contributed by atoms with Crippen molar-refractivity contribution in [3.63, 3.8) is 0 Å². The fourth-order valence-electron chi connectivity index (χ4n) is 1.58. The molecule has 5 nitrogen and oxygen atoms in total. The monoisotopic (exact) mass is 266 g/mol. The van der Waals surface area contributed by atoms with Crippen LogP contribution in [0.25, 0.3) is 0 Å². The Morgan fingerprint density at radius 2 is 1.29 bits per heavy atom. The number of hydroxylamine groups is 2. The molecule has 0 bridgehead atoms. The molecule has 106 valence electrons. The minimum absolute atomic E-state index is 0.996. The molecule has 0 atom stereocenters. The molecule has 0 saturated carbocycles. The van der Waals surface area contributed by atoms with Crippen molar-refractivity contribution in [2.75, 3.05) is 34.2 Å². The Morgan fingerprint density at radius 3 is 1.59 bits per heavy atom. The molecule has 0 spiro atoms. The molecule has 17 heavy (non-hydrogen) atoms. The fourth-order valence-corrected chi connectivity index (χ4v) is 3.17. The van der Waals surface area contributed by atoms with Crippen LogP contribution >= 0.6 is 7.94 Å². The first-order chi connectivity index (χ1) is 8.17. The van der Waals surface area contributed by atoms with Gasteiger partial charge >= 0.3 is 107 Å². The first kappa shape index (κ1) is 17.2. The summed E-state index contributed by atoms with van der Waals surface area (Å²) in [5, 5.41) is 11.9. The van der Waals surface area contributed by atoms with Crippen LogP contribution in [0.3, 0.4) is 0 Å². The molecule has 0 aliphatic rings. The fraction of sp³-hybridized carbons (Fsp3) is 1.00. The van der Waals surface area contributed by atoms with Crippen LogP contribution in [0.15, 0.2) is 0 Å². The average Bonchev–Trinajstić information content (AvgIpc) is 2.38. The maximum absolute atomic E-state index is 6.13. The quantitative estimate of drug-likeness (QED) is 0.394. The molecule has 0 radical (unpaired) electrons. The van der Waals surface area contributed by atoms with Crippen LogP contribution in [0, 0.1) is 0 Å². The van der Waals surface area contributed by atoms with Crippen molar-refractivity contribution in [2.24, 2.45) is 0 Å².